The molecular formula is C14H19NO7S. The number of carboxylic acids is 2. The summed E-state index contributed by atoms with van der Waals surface area (Å²) in [6.07, 6.45) is -0.700. The molecule has 0 aliphatic rings. The zero-order chi connectivity index (χ0) is 17.7. The third-order valence-corrected chi connectivity index (χ3v) is 4.57. The van der Waals surface area contributed by atoms with Crippen LogP contribution in [0.15, 0.2) is 29.2 Å². The van der Waals surface area contributed by atoms with Crippen molar-refractivity contribution in [3.63, 3.8) is 0 Å². The molecule has 1 atom stereocenters. The number of carbonyl (C=O) groups is 2. The summed E-state index contributed by atoms with van der Waals surface area (Å²) in [5.41, 5.74) is -1.75. The molecule has 0 radical (unpaired) electrons. The quantitative estimate of drug-likeness (QED) is 0.607. The molecule has 0 aromatic heterocycles. The summed E-state index contributed by atoms with van der Waals surface area (Å²) in [5.74, 6) is -2.21. The van der Waals surface area contributed by atoms with Gasteiger partial charge in [-0.25, -0.2) is 13.1 Å². The third kappa shape index (κ3) is 5.22. The summed E-state index contributed by atoms with van der Waals surface area (Å²) >= 11 is 0. The second kappa shape index (κ2) is 7.42. The van der Waals surface area contributed by atoms with Gasteiger partial charge in [-0.2, -0.15) is 0 Å². The van der Waals surface area contributed by atoms with Crippen molar-refractivity contribution in [2.45, 2.75) is 25.2 Å². The maximum atomic E-state index is 12.2. The minimum atomic E-state index is -3.96. The van der Waals surface area contributed by atoms with Crippen molar-refractivity contribution in [3.8, 4) is 5.75 Å². The molecule has 3 N–H and O–H groups in total. The SMILES string of the molecule is CCOc1ccc(S(=O)(=O)NCC(C)(CC(=O)O)C(=O)O)cc1. The van der Waals surface area contributed by atoms with Crippen LogP contribution in [0, 0.1) is 5.41 Å². The van der Waals surface area contributed by atoms with E-state index in [2.05, 4.69) is 4.72 Å². The highest BCUT2D eigenvalue weighted by molar-refractivity contribution is 7.89. The largest absolute Gasteiger partial charge is 0.494 e. The number of hydrogen-bond acceptors (Lipinski definition) is 5. The molecule has 0 amide bonds. The Morgan fingerprint density at radius 2 is 1.78 bits per heavy atom. The van der Waals surface area contributed by atoms with E-state index in [1.807, 2.05) is 0 Å². The Bertz CT molecular complexity index is 669. The summed E-state index contributed by atoms with van der Waals surface area (Å²) in [6.45, 7) is 2.87. The van der Waals surface area contributed by atoms with Crippen LogP contribution in [0.5, 0.6) is 5.75 Å². The zero-order valence-corrected chi connectivity index (χ0v) is 13.6. The second-order valence-corrected chi connectivity index (χ2v) is 6.93. The fourth-order valence-electron chi connectivity index (χ4n) is 1.77. The van der Waals surface area contributed by atoms with Gasteiger partial charge < -0.3 is 14.9 Å². The van der Waals surface area contributed by atoms with Crippen LogP contribution in [-0.2, 0) is 19.6 Å². The highest BCUT2D eigenvalue weighted by Crippen LogP contribution is 2.22. The predicted molar refractivity (Wildman–Crippen MR) is 80.8 cm³/mol. The van der Waals surface area contributed by atoms with Gasteiger partial charge in [-0.05, 0) is 38.1 Å². The van der Waals surface area contributed by atoms with E-state index in [9.17, 15) is 18.0 Å². The molecule has 0 heterocycles. The standard InChI is InChI=1S/C14H19NO7S/c1-3-22-10-4-6-11(7-5-10)23(20,21)15-9-14(2,13(18)19)8-12(16)17/h4-7,15H,3,8-9H2,1-2H3,(H,16,17)(H,18,19). The van der Waals surface area contributed by atoms with Crippen LogP contribution >= 0.6 is 0 Å². The lowest BCUT2D eigenvalue weighted by Gasteiger charge is -2.23. The van der Waals surface area contributed by atoms with Crippen molar-refractivity contribution in [2.24, 2.45) is 5.41 Å². The molecule has 0 saturated carbocycles. The molecule has 0 aliphatic heterocycles. The summed E-state index contributed by atoms with van der Waals surface area (Å²) in [7, 11) is -3.96. The highest BCUT2D eigenvalue weighted by atomic mass is 32.2. The molecule has 0 fully saturated rings. The van der Waals surface area contributed by atoms with E-state index in [1.165, 1.54) is 31.2 Å². The molecule has 0 aliphatic carbocycles. The van der Waals surface area contributed by atoms with Crippen molar-refractivity contribution in [1.29, 1.82) is 0 Å². The molecular weight excluding hydrogens is 326 g/mol. The first-order valence-corrected chi connectivity index (χ1v) is 8.27. The normalized spacial score (nSPS) is 14.0. The van der Waals surface area contributed by atoms with Gasteiger partial charge >= 0.3 is 11.9 Å². The van der Waals surface area contributed by atoms with Crippen LogP contribution in [0.1, 0.15) is 20.3 Å². The molecule has 1 aromatic carbocycles. The van der Waals surface area contributed by atoms with Gasteiger partial charge in [-0.15, -0.1) is 0 Å². The van der Waals surface area contributed by atoms with E-state index >= 15 is 0 Å². The van der Waals surface area contributed by atoms with E-state index in [0.717, 1.165) is 0 Å². The number of hydrogen-bond donors (Lipinski definition) is 3. The molecule has 1 unspecified atom stereocenters. The Morgan fingerprint density at radius 1 is 1.22 bits per heavy atom. The number of benzene rings is 1. The highest BCUT2D eigenvalue weighted by Gasteiger charge is 2.37. The van der Waals surface area contributed by atoms with Crippen molar-refractivity contribution in [1.82, 2.24) is 4.72 Å². The third-order valence-electron chi connectivity index (χ3n) is 3.16. The van der Waals surface area contributed by atoms with Gasteiger partial charge in [-0.3, -0.25) is 9.59 Å². The number of rotatable bonds is 9. The number of aliphatic carboxylic acids is 2. The Hall–Kier alpha value is -2.13. The van der Waals surface area contributed by atoms with E-state index < -0.39 is 40.3 Å². The maximum absolute atomic E-state index is 12.2. The molecule has 9 heteroatoms. The summed E-state index contributed by atoms with van der Waals surface area (Å²) in [6, 6.07) is 5.60. The summed E-state index contributed by atoms with van der Waals surface area (Å²) in [4.78, 5) is 21.9. The van der Waals surface area contributed by atoms with Crippen molar-refractivity contribution in [2.75, 3.05) is 13.2 Å². The molecule has 0 bridgehead atoms. The van der Waals surface area contributed by atoms with E-state index in [-0.39, 0.29) is 4.90 Å². The minimum Gasteiger partial charge on any atom is -0.494 e. The van der Waals surface area contributed by atoms with Crippen LogP contribution in [0.2, 0.25) is 0 Å². The number of carboxylic acid groups (broad SMARTS) is 2. The predicted octanol–water partition coefficient (Wildman–Crippen LogP) is 0.929. The van der Waals surface area contributed by atoms with Gasteiger partial charge in [0.25, 0.3) is 0 Å². The van der Waals surface area contributed by atoms with Crippen LogP contribution in [0.3, 0.4) is 0 Å². The Morgan fingerprint density at radius 3 is 2.22 bits per heavy atom. The molecule has 1 rings (SSSR count). The lowest BCUT2D eigenvalue weighted by Crippen LogP contribution is -2.42. The van der Waals surface area contributed by atoms with Crippen molar-refractivity contribution >= 4 is 22.0 Å². The smallest absolute Gasteiger partial charge is 0.311 e. The average molecular weight is 345 g/mol. The first kappa shape index (κ1) is 18.9. The molecule has 0 spiro atoms. The molecule has 128 valence electrons. The van der Waals surface area contributed by atoms with E-state index in [0.29, 0.717) is 12.4 Å². The summed E-state index contributed by atoms with van der Waals surface area (Å²) in [5, 5.41) is 17.9. The van der Waals surface area contributed by atoms with Crippen LogP contribution in [0.25, 0.3) is 0 Å². The minimum absolute atomic E-state index is 0.0657. The Kier molecular flexibility index (Phi) is 6.11. The van der Waals surface area contributed by atoms with Gasteiger partial charge in [0.2, 0.25) is 10.0 Å². The number of sulfonamides is 1. The lowest BCUT2D eigenvalue weighted by atomic mass is 9.87. The average Bonchev–Trinajstić information content (AvgIpc) is 2.45. The first-order chi connectivity index (χ1) is 10.6. The topological polar surface area (TPSA) is 130 Å². The Balaban J connectivity index is 2.88. The lowest BCUT2D eigenvalue weighted by molar-refractivity contribution is -0.154. The van der Waals surface area contributed by atoms with Crippen LogP contribution in [0.4, 0.5) is 0 Å². The van der Waals surface area contributed by atoms with Crippen LogP contribution in [-0.4, -0.2) is 43.7 Å². The van der Waals surface area contributed by atoms with Crippen molar-refractivity contribution < 1.29 is 33.0 Å². The Labute approximate surface area is 134 Å². The van der Waals surface area contributed by atoms with E-state index in [4.69, 9.17) is 14.9 Å². The number of ether oxygens (including phenoxy) is 1. The van der Waals surface area contributed by atoms with Gasteiger partial charge in [0.05, 0.1) is 23.3 Å². The van der Waals surface area contributed by atoms with Gasteiger partial charge in [-0.1, -0.05) is 0 Å². The van der Waals surface area contributed by atoms with Gasteiger partial charge in [0.15, 0.2) is 0 Å². The van der Waals surface area contributed by atoms with E-state index in [1.54, 1.807) is 6.92 Å². The maximum Gasteiger partial charge on any atom is 0.311 e. The van der Waals surface area contributed by atoms with Gasteiger partial charge in [0, 0.05) is 6.54 Å². The molecule has 8 nitrogen and oxygen atoms in total. The molecule has 1 aromatic rings. The van der Waals surface area contributed by atoms with Gasteiger partial charge in [0.1, 0.15) is 5.75 Å². The monoisotopic (exact) mass is 345 g/mol. The molecule has 0 saturated heterocycles. The molecule has 23 heavy (non-hydrogen) atoms. The zero-order valence-electron chi connectivity index (χ0n) is 12.8. The number of nitrogens with one attached hydrogen (secondary N) is 1. The first-order valence-electron chi connectivity index (χ1n) is 6.78. The second-order valence-electron chi connectivity index (χ2n) is 5.17. The van der Waals surface area contributed by atoms with Crippen molar-refractivity contribution in [3.05, 3.63) is 24.3 Å². The fraction of sp³-hybridized carbons (Fsp3) is 0.429. The van der Waals surface area contributed by atoms with Crippen LogP contribution < -0.4 is 9.46 Å². The summed E-state index contributed by atoms with van der Waals surface area (Å²) < 4.78 is 31.7. The fourth-order valence-corrected chi connectivity index (χ4v) is 2.94.